The Balaban J connectivity index is 1.15. The monoisotopic (exact) mass is 487 g/mol. The number of benzene rings is 2. The van der Waals surface area contributed by atoms with Gasteiger partial charge in [0.05, 0.1) is 4.90 Å². The highest BCUT2D eigenvalue weighted by Gasteiger charge is 2.24. The van der Waals surface area contributed by atoms with E-state index in [4.69, 9.17) is 9.47 Å². The SMILES string of the molecule is O=C(CCCCCNS(=O)(=O)c1ccc2c(c1)OCCO2)Nc1cccc(C(=O)NC2CC2)c1. The lowest BCUT2D eigenvalue weighted by atomic mass is 10.1. The molecule has 0 atom stereocenters. The van der Waals surface area contributed by atoms with Gasteiger partial charge in [-0.2, -0.15) is 0 Å². The van der Waals surface area contributed by atoms with E-state index in [1.54, 1.807) is 30.3 Å². The van der Waals surface area contributed by atoms with E-state index in [9.17, 15) is 18.0 Å². The van der Waals surface area contributed by atoms with Crippen LogP contribution < -0.4 is 24.8 Å². The molecular formula is C24H29N3O6S. The van der Waals surface area contributed by atoms with Gasteiger partial charge in [-0.25, -0.2) is 13.1 Å². The Morgan fingerprint density at radius 3 is 2.53 bits per heavy atom. The standard InChI is InChI=1S/C24H29N3O6S/c28-23(26-19-6-4-5-17(15-19)24(29)27-18-8-9-18)7-2-1-3-12-25-34(30,31)20-10-11-21-22(16-20)33-14-13-32-21/h4-6,10-11,15-16,18,25H,1-3,7-9,12-14H2,(H,26,28)(H,27,29). The van der Waals surface area contributed by atoms with E-state index in [1.165, 1.54) is 12.1 Å². The first-order valence-electron chi connectivity index (χ1n) is 11.5. The van der Waals surface area contributed by atoms with Gasteiger partial charge in [-0.3, -0.25) is 9.59 Å². The van der Waals surface area contributed by atoms with E-state index >= 15 is 0 Å². The molecule has 2 amide bonds. The topological polar surface area (TPSA) is 123 Å². The molecule has 3 N–H and O–H groups in total. The predicted molar refractivity (Wildman–Crippen MR) is 127 cm³/mol. The predicted octanol–water partition coefficient (Wildman–Crippen LogP) is 2.83. The summed E-state index contributed by atoms with van der Waals surface area (Å²) in [6, 6.07) is 11.7. The molecule has 2 aliphatic rings. The molecule has 0 spiro atoms. The molecule has 1 aliphatic carbocycles. The fraction of sp³-hybridized carbons (Fsp3) is 0.417. The minimum Gasteiger partial charge on any atom is -0.486 e. The van der Waals surface area contributed by atoms with Gasteiger partial charge >= 0.3 is 0 Å². The van der Waals surface area contributed by atoms with E-state index in [0.717, 1.165) is 12.8 Å². The number of carbonyl (C=O) groups excluding carboxylic acids is 2. The maximum absolute atomic E-state index is 12.5. The summed E-state index contributed by atoms with van der Waals surface area (Å²) in [7, 11) is -3.65. The van der Waals surface area contributed by atoms with Crippen LogP contribution in [0.3, 0.4) is 0 Å². The smallest absolute Gasteiger partial charge is 0.251 e. The van der Waals surface area contributed by atoms with Crippen LogP contribution >= 0.6 is 0 Å². The molecule has 0 radical (unpaired) electrons. The summed E-state index contributed by atoms with van der Waals surface area (Å²) < 4.78 is 38.4. The van der Waals surface area contributed by atoms with Gasteiger partial charge < -0.3 is 20.1 Å². The Labute approximate surface area is 199 Å². The normalized spacial score (nSPS) is 14.9. The second-order valence-electron chi connectivity index (χ2n) is 8.39. The molecule has 1 fully saturated rings. The van der Waals surface area contributed by atoms with Crippen LogP contribution in [0.5, 0.6) is 11.5 Å². The highest BCUT2D eigenvalue weighted by atomic mass is 32.2. The molecule has 1 heterocycles. The van der Waals surface area contributed by atoms with Gasteiger partial charge in [0.15, 0.2) is 11.5 Å². The van der Waals surface area contributed by atoms with Gasteiger partial charge in [-0.15, -0.1) is 0 Å². The highest BCUT2D eigenvalue weighted by Crippen LogP contribution is 2.32. The van der Waals surface area contributed by atoms with E-state index in [2.05, 4.69) is 15.4 Å². The van der Waals surface area contributed by atoms with Crippen molar-refractivity contribution < 1.29 is 27.5 Å². The van der Waals surface area contributed by atoms with Gasteiger partial charge in [0.1, 0.15) is 13.2 Å². The number of fused-ring (bicyclic) bond motifs is 1. The van der Waals surface area contributed by atoms with Crippen LogP contribution in [0.15, 0.2) is 47.4 Å². The van der Waals surface area contributed by atoms with Gasteiger partial charge in [-0.05, 0) is 56.0 Å². The summed E-state index contributed by atoms with van der Waals surface area (Å²) in [6.45, 7) is 1.11. The average Bonchev–Trinajstić information content (AvgIpc) is 3.65. The Morgan fingerprint density at radius 2 is 1.74 bits per heavy atom. The van der Waals surface area contributed by atoms with E-state index < -0.39 is 10.0 Å². The van der Waals surface area contributed by atoms with Crippen molar-refractivity contribution in [3.8, 4) is 11.5 Å². The Bertz CT molecular complexity index is 1150. The van der Waals surface area contributed by atoms with Crippen molar-refractivity contribution in [2.45, 2.75) is 49.5 Å². The number of hydrogen-bond acceptors (Lipinski definition) is 6. The summed E-state index contributed by atoms with van der Waals surface area (Å²) in [5.74, 6) is 0.694. The molecule has 0 unspecified atom stereocenters. The van der Waals surface area contributed by atoms with Crippen molar-refractivity contribution in [1.82, 2.24) is 10.0 Å². The summed E-state index contributed by atoms with van der Waals surface area (Å²) in [5, 5.41) is 5.74. The summed E-state index contributed by atoms with van der Waals surface area (Å²) in [5.41, 5.74) is 1.11. The molecule has 1 saturated carbocycles. The molecule has 9 nitrogen and oxygen atoms in total. The van der Waals surface area contributed by atoms with Crippen LogP contribution in [0, 0.1) is 0 Å². The minimum atomic E-state index is -3.65. The molecule has 1 aliphatic heterocycles. The Kier molecular flexibility index (Phi) is 7.69. The van der Waals surface area contributed by atoms with Crippen molar-refractivity contribution in [2.75, 3.05) is 25.1 Å². The van der Waals surface area contributed by atoms with Crippen molar-refractivity contribution in [1.29, 1.82) is 0 Å². The minimum absolute atomic E-state index is 0.128. The Hall–Kier alpha value is -3.11. The Morgan fingerprint density at radius 1 is 0.941 bits per heavy atom. The number of anilines is 1. The van der Waals surface area contributed by atoms with Crippen LogP contribution in [0.1, 0.15) is 48.9 Å². The maximum Gasteiger partial charge on any atom is 0.251 e. The molecular weight excluding hydrogens is 458 g/mol. The van der Waals surface area contributed by atoms with Crippen molar-refractivity contribution >= 4 is 27.5 Å². The molecule has 2 aromatic carbocycles. The largest absolute Gasteiger partial charge is 0.486 e. The molecule has 0 aromatic heterocycles. The molecule has 34 heavy (non-hydrogen) atoms. The molecule has 0 saturated heterocycles. The first-order chi connectivity index (χ1) is 16.4. The van der Waals surface area contributed by atoms with Crippen molar-refractivity contribution in [2.24, 2.45) is 0 Å². The molecule has 2 aromatic rings. The molecule has 0 bridgehead atoms. The van der Waals surface area contributed by atoms with Gasteiger partial charge in [0.25, 0.3) is 5.91 Å². The first kappa shape index (κ1) is 24.0. The number of hydrogen-bond donors (Lipinski definition) is 3. The third-order valence-electron chi connectivity index (χ3n) is 5.52. The summed E-state index contributed by atoms with van der Waals surface area (Å²) in [4.78, 5) is 24.5. The van der Waals surface area contributed by atoms with Gasteiger partial charge in [-0.1, -0.05) is 12.5 Å². The van der Waals surface area contributed by atoms with E-state index in [-0.39, 0.29) is 29.3 Å². The zero-order chi connectivity index (χ0) is 24.0. The fourth-order valence-corrected chi connectivity index (χ4v) is 4.62. The van der Waals surface area contributed by atoms with Crippen LogP contribution in [0.25, 0.3) is 0 Å². The van der Waals surface area contributed by atoms with Gasteiger partial charge in [0, 0.05) is 36.3 Å². The highest BCUT2D eigenvalue weighted by molar-refractivity contribution is 7.89. The maximum atomic E-state index is 12.5. The number of unbranched alkanes of at least 4 members (excludes halogenated alkanes) is 2. The third kappa shape index (κ3) is 6.71. The van der Waals surface area contributed by atoms with Gasteiger partial charge in [0.2, 0.25) is 15.9 Å². The lowest BCUT2D eigenvalue weighted by Crippen LogP contribution is -2.25. The number of ether oxygens (including phenoxy) is 2. The van der Waals surface area contributed by atoms with Crippen LogP contribution in [0.4, 0.5) is 5.69 Å². The number of rotatable bonds is 11. The lowest BCUT2D eigenvalue weighted by molar-refractivity contribution is -0.116. The van der Waals surface area contributed by atoms with Crippen molar-refractivity contribution in [3.63, 3.8) is 0 Å². The van der Waals surface area contributed by atoms with E-state index in [1.807, 2.05) is 0 Å². The quantitative estimate of drug-likeness (QED) is 0.419. The second-order valence-corrected chi connectivity index (χ2v) is 10.2. The van der Waals surface area contributed by atoms with Crippen molar-refractivity contribution in [3.05, 3.63) is 48.0 Å². The average molecular weight is 488 g/mol. The van der Waals surface area contributed by atoms with E-state index in [0.29, 0.717) is 61.6 Å². The fourth-order valence-electron chi connectivity index (χ4n) is 3.53. The zero-order valence-electron chi connectivity index (χ0n) is 18.8. The van der Waals surface area contributed by atoms with Crippen LogP contribution in [-0.4, -0.2) is 46.0 Å². The first-order valence-corrected chi connectivity index (χ1v) is 13.0. The second kappa shape index (κ2) is 10.9. The molecule has 10 heteroatoms. The molecule has 182 valence electrons. The third-order valence-corrected chi connectivity index (χ3v) is 6.98. The zero-order valence-corrected chi connectivity index (χ0v) is 19.7. The number of amides is 2. The molecule has 4 rings (SSSR count). The van der Waals surface area contributed by atoms with Crippen LogP contribution in [-0.2, 0) is 14.8 Å². The van der Waals surface area contributed by atoms with Crippen LogP contribution in [0.2, 0.25) is 0 Å². The summed E-state index contributed by atoms with van der Waals surface area (Å²) in [6.07, 6.45) is 4.27. The number of nitrogens with one attached hydrogen (secondary N) is 3. The number of carbonyl (C=O) groups is 2. The lowest BCUT2D eigenvalue weighted by Gasteiger charge is -2.18. The number of sulfonamides is 1. The summed E-state index contributed by atoms with van der Waals surface area (Å²) >= 11 is 0.